The molecule has 1 N–H and O–H groups in total. The topological polar surface area (TPSA) is 55.1 Å². The highest BCUT2D eigenvalue weighted by atomic mass is 79.9. The van der Waals surface area contributed by atoms with Crippen molar-refractivity contribution in [2.75, 3.05) is 5.32 Å². The molecular weight excluding hydrogens is 356 g/mol. The second-order valence-electron chi connectivity index (χ2n) is 5.80. The number of hydrogen-bond donors (Lipinski definition) is 1. The van der Waals surface area contributed by atoms with Gasteiger partial charge in [0.2, 0.25) is 5.91 Å². The molecule has 4 nitrogen and oxygen atoms in total. The minimum atomic E-state index is -0.121. The van der Waals surface area contributed by atoms with Crippen molar-refractivity contribution < 1.29 is 9.32 Å². The van der Waals surface area contributed by atoms with Crippen molar-refractivity contribution >= 4 is 38.5 Å². The van der Waals surface area contributed by atoms with E-state index in [1.807, 2.05) is 51.1 Å². The Morgan fingerprint density at radius 1 is 1.17 bits per heavy atom. The Morgan fingerprint density at radius 2 is 1.96 bits per heavy atom. The summed E-state index contributed by atoms with van der Waals surface area (Å²) in [5, 5.41) is 7.87. The van der Waals surface area contributed by atoms with Gasteiger partial charge in [0.05, 0.1) is 12.1 Å². The van der Waals surface area contributed by atoms with E-state index in [0.29, 0.717) is 5.69 Å². The molecule has 0 aliphatic rings. The minimum Gasteiger partial charge on any atom is -0.356 e. The van der Waals surface area contributed by atoms with E-state index in [4.69, 9.17) is 4.52 Å². The summed E-state index contributed by atoms with van der Waals surface area (Å²) in [5.41, 5.74) is 5.44. The van der Waals surface area contributed by atoms with Crippen LogP contribution in [0.5, 0.6) is 0 Å². The molecule has 0 unspecified atom stereocenters. The van der Waals surface area contributed by atoms with Crippen molar-refractivity contribution in [3.8, 4) is 0 Å². The van der Waals surface area contributed by atoms with Crippen LogP contribution in [0.3, 0.4) is 0 Å². The van der Waals surface area contributed by atoms with E-state index in [0.717, 1.165) is 37.8 Å². The van der Waals surface area contributed by atoms with E-state index >= 15 is 0 Å². The molecule has 118 valence electrons. The average molecular weight is 373 g/mol. The number of carbonyl (C=O) groups is 1. The smallest absolute Gasteiger partial charge is 0.230 e. The summed E-state index contributed by atoms with van der Waals surface area (Å²) >= 11 is 3.46. The van der Waals surface area contributed by atoms with Crippen LogP contribution in [0.1, 0.15) is 22.4 Å². The lowest BCUT2D eigenvalue weighted by molar-refractivity contribution is -0.115. The molecule has 2 aromatic carbocycles. The van der Waals surface area contributed by atoms with Crippen molar-refractivity contribution in [2.45, 2.75) is 27.2 Å². The van der Waals surface area contributed by atoms with Crippen molar-refractivity contribution in [2.24, 2.45) is 0 Å². The second kappa shape index (κ2) is 6.16. The zero-order valence-electron chi connectivity index (χ0n) is 13.2. The fourth-order valence-corrected chi connectivity index (χ4v) is 3.23. The summed E-state index contributed by atoms with van der Waals surface area (Å²) in [4.78, 5) is 12.3. The number of anilines is 1. The van der Waals surface area contributed by atoms with Crippen LogP contribution in [0.4, 0.5) is 5.69 Å². The first-order chi connectivity index (χ1) is 10.9. The van der Waals surface area contributed by atoms with Gasteiger partial charge in [0.25, 0.3) is 0 Å². The van der Waals surface area contributed by atoms with E-state index in [-0.39, 0.29) is 12.3 Å². The number of amides is 1. The first kappa shape index (κ1) is 15.7. The molecule has 0 bridgehead atoms. The van der Waals surface area contributed by atoms with Gasteiger partial charge in [-0.05, 0) is 71.6 Å². The van der Waals surface area contributed by atoms with E-state index < -0.39 is 0 Å². The van der Waals surface area contributed by atoms with E-state index in [2.05, 4.69) is 26.4 Å². The molecular formula is C18H17BrN2O2. The van der Waals surface area contributed by atoms with Crippen LogP contribution in [-0.4, -0.2) is 11.1 Å². The maximum atomic E-state index is 12.3. The molecule has 1 aromatic heterocycles. The van der Waals surface area contributed by atoms with Crippen LogP contribution in [0.2, 0.25) is 0 Å². The molecule has 0 spiro atoms. The van der Waals surface area contributed by atoms with Crippen molar-refractivity contribution in [3.05, 3.63) is 57.2 Å². The zero-order valence-corrected chi connectivity index (χ0v) is 14.8. The van der Waals surface area contributed by atoms with Gasteiger partial charge in [0.1, 0.15) is 5.69 Å². The lowest BCUT2D eigenvalue weighted by Crippen LogP contribution is -2.15. The SMILES string of the molecule is Cc1ccc(NC(=O)Cc2noc3c(C)cc(C)cc23)c(Br)c1. The number of nitrogens with zero attached hydrogens (tertiary/aromatic N) is 1. The molecule has 0 aliphatic carbocycles. The highest BCUT2D eigenvalue weighted by Gasteiger charge is 2.15. The van der Waals surface area contributed by atoms with Gasteiger partial charge in [-0.2, -0.15) is 0 Å². The maximum absolute atomic E-state index is 12.3. The molecule has 0 fully saturated rings. The molecule has 0 atom stereocenters. The van der Waals surface area contributed by atoms with Crippen LogP contribution < -0.4 is 5.32 Å². The summed E-state index contributed by atoms with van der Waals surface area (Å²) in [6.45, 7) is 6.00. The zero-order chi connectivity index (χ0) is 16.6. The predicted octanol–water partition coefficient (Wildman–Crippen LogP) is 4.70. The number of nitrogens with one attached hydrogen (secondary N) is 1. The van der Waals surface area contributed by atoms with Crippen LogP contribution >= 0.6 is 15.9 Å². The first-order valence-electron chi connectivity index (χ1n) is 7.35. The largest absolute Gasteiger partial charge is 0.356 e. The highest BCUT2D eigenvalue weighted by Crippen LogP contribution is 2.26. The third-order valence-corrected chi connectivity index (χ3v) is 4.36. The Morgan fingerprint density at radius 3 is 2.70 bits per heavy atom. The van der Waals surface area contributed by atoms with E-state index in [9.17, 15) is 4.79 Å². The van der Waals surface area contributed by atoms with Crippen molar-refractivity contribution in [1.29, 1.82) is 0 Å². The van der Waals surface area contributed by atoms with Gasteiger partial charge in [-0.3, -0.25) is 4.79 Å². The summed E-state index contributed by atoms with van der Waals surface area (Å²) in [6, 6.07) is 9.85. The molecule has 23 heavy (non-hydrogen) atoms. The van der Waals surface area contributed by atoms with Crippen molar-refractivity contribution in [1.82, 2.24) is 5.16 Å². The summed E-state index contributed by atoms with van der Waals surface area (Å²) in [6.07, 6.45) is 0.177. The monoisotopic (exact) mass is 372 g/mol. The van der Waals surface area contributed by atoms with Gasteiger partial charge in [0.15, 0.2) is 5.58 Å². The summed E-state index contributed by atoms with van der Waals surface area (Å²) in [5.74, 6) is -0.121. The predicted molar refractivity (Wildman–Crippen MR) is 94.7 cm³/mol. The molecule has 0 saturated heterocycles. The number of aryl methyl sites for hydroxylation is 3. The highest BCUT2D eigenvalue weighted by molar-refractivity contribution is 9.10. The third-order valence-electron chi connectivity index (χ3n) is 3.70. The van der Waals surface area contributed by atoms with Gasteiger partial charge in [-0.15, -0.1) is 0 Å². The number of fused-ring (bicyclic) bond motifs is 1. The lowest BCUT2D eigenvalue weighted by Gasteiger charge is -2.07. The normalized spacial score (nSPS) is 11.0. The quantitative estimate of drug-likeness (QED) is 0.724. The first-order valence-corrected chi connectivity index (χ1v) is 8.15. The number of aromatic nitrogens is 1. The third kappa shape index (κ3) is 3.29. The van der Waals surface area contributed by atoms with Gasteiger partial charge in [0, 0.05) is 9.86 Å². The molecule has 1 amide bonds. The number of benzene rings is 2. The Kier molecular flexibility index (Phi) is 4.22. The van der Waals surface area contributed by atoms with E-state index in [1.165, 1.54) is 0 Å². The molecule has 1 heterocycles. The van der Waals surface area contributed by atoms with Gasteiger partial charge in [-0.25, -0.2) is 0 Å². The Labute approximate surface area is 143 Å². The number of rotatable bonds is 3. The Balaban J connectivity index is 1.83. The van der Waals surface area contributed by atoms with Crippen LogP contribution in [-0.2, 0) is 11.2 Å². The number of carbonyl (C=O) groups excluding carboxylic acids is 1. The Bertz CT molecular complexity index is 899. The van der Waals surface area contributed by atoms with Crippen LogP contribution in [0.25, 0.3) is 11.0 Å². The van der Waals surface area contributed by atoms with Crippen LogP contribution in [0, 0.1) is 20.8 Å². The average Bonchev–Trinajstić information content (AvgIpc) is 2.85. The van der Waals surface area contributed by atoms with Gasteiger partial charge >= 0.3 is 0 Å². The number of halogens is 1. The fourth-order valence-electron chi connectivity index (χ4n) is 2.64. The molecule has 5 heteroatoms. The second-order valence-corrected chi connectivity index (χ2v) is 6.65. The maximum Gasteiger partial charge on any atom is 0.230 e. The van der Waals surface area contributed by atoms with Crippen LogP contribution in [0.15, 0.2) is 39.3 Å². The Hall–Kier alpha value is -2.14. The standard InChI is InChI=1S/C18H17BrN2O2/c1-10-4-5-15(14(19)8-10)20-17(22)9-16-13-7-11(2)6-12(3)18(13)23-21-16/h4-8H,9H2,1-3H3,(H,20,22). The van der Waals surface area contributed by atoms with Gasteiger partial charge in [-0.1, -0.05) is 17.3 Å². The molecule has 3 rings (SSSR count). The molecule has 0 saturated carbocycles. The fraction of sp³-hybridized carbons (Fsp3) is 0.222. The molecule has 3 aromatic rings. The van der Waals surface area contributed by atoms with E-state index in [1.54, 1.807) is 0 Å². The summed E-state index contributed by atoms with van der Waals surface area (Å²) in [7, 11) is 0. The minimum absolute atomic E-state index is 0.121. The number of hydrogen-bond acceptors (Lipinski definition) is 3. The van der Waals surface area contributed by atoms with Gasteiger partial charge < -0.3 is 9.84 Å². The van der Waals surface area contributed by atoms with Crippen molar-refractivity contribution in [3.63, 3.8) is 0 Å². The lowest BCUT2D eigenvalue weighted by atomic mass is 10.1. The summed E-state index contributed by atoms with van der Waals surface area (Å²) < 4.78 is 6.25. The molecule has 0 aliphatic heterocycles. The molecule has 0 radical (unpaired) electrons.